The number of ether oxygens (including phenoxy) is 1. The number of amides is 2. The van der Waals surface area contributed by atoms with Gasteiger partial charge in [0.05, 0.1) is 6.61 Å². The standard InChI is InChI=1S/C20H30BrN5O3/c1-13-2-4-15(5-3-13)23-18(27)14-6-9-25(10-7-14)19(28)16-12-17(21)26(24-16)20-22-8-11-29-20/h12-15,20,22H,2-11H2,1H3,(H,23,27). The molecule has 0 aromatic carbocycles. The van der Waals surface area contributed by atoms with Crippen LogP contribution in [0.4, 0.5) is 0 Å². The minimum Gasteiger partial charge on any atom is -0.353 e. The van der Waals surface area contributed by atoms with E-state index >= 15 is 0 Å². The van der Waals surface area contributed by atoms with E-state index in [-0.39, 0.29) is 24.1 Å². The number of carbonyl (C=O) groups is 2. The van der Waals surface area contributed by atoms with Crippen molar-refractivity contribution in [2.24, 2.45) is 11.8 Å². The average Bonchev–Trinajstić information content (AvgIpc) is 3.39. The molecular formula is C20H30BrN5O3. The number of piperidine rings is 1. The Morgan fingerprint density at radius 2 is 1.93 bits per heavy atom. The molecule has 1 unspecified atom stereocenters. The lowest BCUT2D eigenvalue weighted by Gasteiger charge is -2.33. The Bertz CT molecular complexity index is 732. The molecule has 29 heavy (non-hydrogen) atoms. The molecule has 1 aromatic rings. The van der Waals surface area contributed by atoms with Crippen LogP contribution in [0.15, 0.2) is 10.7 Å². The maximum Gasteiger partial charge on any atom is 0.274 e. The van der Waals surface area contributed by atoms with Gasteiger partial charge in [-0.2, -0.15) is 5.10 Å². The van der Waals surface area contributed by atoms with Crippen molar-refractivity contribution >= 4 is 27.7 Å². The Kier molecular flexibility index (Phi) is 6.56. The number of aromatic nitrogens is 2. The number of nitrogens with zero attached hydrogens (tertiary/aromatic N) is 3. The summed E-state index contributed by atoms with van der Waals surface area (Å²) in [5.41, 5.74) is 0.397. The predicted octanol–water partition coefficient (Wildman–Crippen LogP) is 2.27. The molecule has 0 bridgehead atoms. The topological polar surface area (TPSA) is 88.5 Å². The summed E-state index contributed by atoms with van der Waals surface area (Å²) in [5, 5.41) is 10.8. The van der Waals surface area contributed by atoms with Gasteiger partial charge in [-0.15, -0.1) is 0 Å². The molecule has 1 saturated carbocycles. The Hall–Kier alpha value is -1.45. The van der Waals surface area contributed by atoms with Gasteiger partial charge in [0.2, 0.25) is 12.3 Å². The molecule has 0 radical (unpaired) electrons. The summed E-state index contributed by atoms with van der Waals surface area (Å²) in [5.74, 6) is 0.839. The minimum absolute atomic E-state index is 0.00113. The van der Waals surface area contributed by atoms with E-state index in [2.05, 4.69) is 38.6 Å². The second kappa shape index (κ2) is 9.14. The molecule has 3 heterocycles. The second-order valence-electron chi connectivity index (χ2n) is 8.51. The zero-order chi connectivity index (χ0) is 20.4. The molecule has 4 rings (SSSR count). The molecule has 2 aliphatic heterocycles. The molecule has 0 spiro atoms. The van der Waals surface area contributed by atoms with Crippen molar-refractivity contribution in [3.63, 3.8) is 0 Å². The Morgan fingerprint density at radius 1 is 1.21 bits per heavy atom. The highest BCUT2D eigenvalue weighted by atomic mass is 79.9. The summed E-state index contributed by atoms with van der Waals surface area (Å²) in [6, 6.07) is 2.06. The first kappa shape index (κ1) is 20.8. The van der Waals surface area contributed by atoms with Crippen molar-refractivity contribution in [1.29, 1.82) is 0 Å². The third-order valence-electron chi connectivity index (χ3n) is 6.34. The molecule has 2 amide bonds. The SMILES string of the molecule is CC1CCC(NC(=O)C2CCN(C(=O)c3cc(Br)n(C4NCCO4)n3)CC2)CC1. The molecule has 2 N–H and O–H groups in total. The van der Waals surface area contributed by atoms with Gasteiger partial charge in [-0.1, -0.05) is 6.92 Å². The summed E-state index contributed by atoms with van der Waals surface area (Å²) >= 11 is 3.46. The lowest BCUT2D eigenvalue weighted by Crippen LogP contribution is -2.46. The highest BCUT2D eigenvalue weighted by Crippen LogP contribution is 2.26. The van der Waals surface area contributed by atoms with E-state index in [1.807, 2.05) is 0 Å². The number of hydrogen-bond acceptors (Lipinski definition) is 5. The lowest BCUT2D eigenvalue weighted by molar-refractivity contribution is -0.127. The first-order valence-corrected chi connectivity index (χ1v) is 11.5. The molecule has 3 fully saturated rings. The number of halogens is 1. The maximum atomic E-state index is 12.9. The third kappa shape index (κ3) is 4.83. The largest absolute Gasteiger partial charge is 0.353 e. The van der Waals surface area contributed by atoms with Gasteiger partial charge in [-0.25, -0.2) is 4.68 Å². The monoisotopic (exact) mass is 467 g/mol. The minimum atomic E-state index is -0.344. The van der Waals surface area contributed by atoms with Gasteiger partial charge in [0.15, 0.2) is 5.69 Å². The molecule has 3 aliphatic rings. The van der Waals surface area contributed by atoms with E-state index in [1.165, 1.54) is 12.8 Å². The lowest BCUT2D eigenvalue weighted by atomic mass is 9.86. The molecule has 8 nitrogen and oxygen atoms in total. The van der Waals surface area contributed by atoms with Crippen LogP contribution in [-0.2, 0) is 9.53 Å². The van der Waals surface area contributed by atoms with Crippen molar-refractivity contribution in [3.8, 4) is 0 Å². The van der Waals surface area contributed by atoms with Crippen LogP contribution in [-0.4, -0.2) is 58.8 Å². The van der Waals surface area contributed by atoms with Crippen LogP contribution < -0.4 is 10.6 Å². The second-order valence-corrected chi connectivity index (χ2v) is 9.32. The van der Waals surface area contributed by atoms with Crippen LogP contribution in [0.5, 0.6) is 0 Å². The first-order chi connectivity index (χ1) is 14.0. The van der Waals surface area contributed by atoms with Gasteiger partial charge in [0.1, 0.15) is 4.60 Å². The quantitative estimate of drug-likeness (QED) is 0.708. The molecule has 1 aliphatic carbocycles. The van der Waals surface area contributed by atoms with Gasteiger partial charge < -0.3 is 15.0 Å². The van der Waals surface area contributed by atoms with Gasteiger partial charge in [-0.05, 0) is 60.4 Å². The zero-order valence-corrected chi connectivity index (χ0v) is 18.5. The normalized spacial score (nSPS) is 28.5. The average molecular weight is 468 g/mol. The molecule has 2 saturated heterocycles. The van der Waals surface area contributed by atoms with Crippen molar-refractivity contribution < 1.29 is 14.3 Å². The Morgan fingerprint density at radius 3 is 2.59 bits per heavy atom. The predicted molar refractivity (Wildman–Crippen MR) is 111 cm³/mol. The fraction of sp³-hybridized carbons (Fsp3) is 0.750. The van der Waals surface area contributed by atoms with Crippen LogP contribution in [0, 0.1) is 11.8 Å². The van der Waals surface area contributed by atoms with Crippen molar-refractivity contribution in [2.45, 2.75) is 57.8 Å². The van der Waals surface area contributed by atoms with E-state index in [0.29, 0.717) is 48.9 Å². The van der Waals surface area contributed by atoms with Gasteiger partial charge in [0.25, 0.3) is 5.91 Å². The van der Waals surface area contributed by atoms with Gasteiger partial charge in [-0.3, -0.25) is 14.9 Å². The number of nitrogens with one attached hydrogen (secondary N) is 2. The summed E-state index contributed by atoms with van der Waals surface area (Å²) in [4.78, 5) is 27.3. The molecule has 1 atom stereocenters. The number of likely N-dealkylation sites (tertiary alicyclic amines) is 1. The van der Waals surface area contributed by atoms with Crippen molar-refractivity contribution in [1.82, 2.24) is 25.3 Å². The van der Waals surface area contributed by atoms with Crippen LogP contribution >= 0.6 is 15.9 Å². The van der Waals surface area contributed by atoms with E-state index < -0.39 is 0 Å². The number of carbonyl (C=O) groups excluding carboxylic acids is 2. The van der Waals surface area contributed by atoms with Crippen LogP contribution in [0.25, 0.3) is 0 Å². The van der Waals surface area contributed by atoms with Crippen LogP contribution in [0.3, 0.4) is 0 Å². The fourth-order valence-electron chi connectivity index (χ4n) is 4.44. The zero-order valence-electron chi connectivity index (χ0n) is 16.9. The summed E-state index contributed by atoms with van der Waals surface area (Å²) in [6.07, 6.45) is 5.63. The summed E-state index contributed by atoms with van der Waals surface area (Å²) in [6.45, 7) is 4.83. The van der Waals surface area contributed by atoms with Crippen LogP contribution in [0.2, 0.25) is 0 Å². The highest BCUT2D eigenvalue weighted by molar-refractivity contribution is 9.10. The van der Waals surface area contributed by atoms with E-state index in [9.17, 15) is 9.59 Å². The van der Waals surface area contributed by atoms with Crippen molar-refractivity contribution in [2.75, 3.05) is 26.2 Å². The number of hydrogen-bond donors (Lipinski definition) is 2. The highest BCUT2D eigenvalue weighted by Gasteiger charge is 2.31. The molecule has 9 heteroatoms. The smallest absolute Gasteiger partial charge is 0.274 e. The maximum absolute atomic E-state index is 12.9. The Balaban J connectivity index is 1.28. The van der Waals surface area contributed by atoms with E-state index in [1.54, 1.807) is 15.6 Å². The summed E-state index contributed by atoms with van der Waals surface area (Å²) in [7, 11) is 0. The third-order valence-corrected chi connectivity index (χ3v) is 6.94. The summed E-state index contributed by atoms with van der Waals surface area (Å²) < 4.78 is 7.91. The molecule has 1 aromatic heterocycles. The number of rotatable bonds is 4. The van der Waals surface area contributed by atoms with Crippen molar-refractivity contribution in [3.05, 3.63) is 16.4 Å². The molecule has 160 valence electrons. The first-order valence-electron chi connectivity index (χ1n) is 10.7. The van der Waals surface area contributed by atoms with E-state index in [4.69, 9.17) is 4.74 Å². The van der Waals surface area contributed by atoms with Crippen LogP contribution in [0.1, 0.15) is 62.3 Å². The Labute approximate surface area is 179 Å². The fourth-order valence-corrected chi connectivity index (χ4v) is 4.92. The van der Waals surface area contributed by atoms with Gasteiger partial charge >= 0.3 is 0 Å². The molecular weight excluding hydrogens is 438 g/mol. The van der Waals surface area contributed by atoms with Gasteiger partial charge in [0, 0.05) is 37.7 Å². The van der Waals surface area contributed by atoms with E-state index in [0.717, 1.165) is 25.3 Å².